The number of benzene rings is 2. The van der Waals surface area contributed by atoms with E-state index in [0.29, 0.717) is 30.3 Å². The molecular formula is C22H20N2O4S. The van der Waals surface area contributed by atoms with Crippen LogP contribution in [0.2, 0.25) is 0 Å². The molecule has 0 atom stereocenters. The van der Waals surface area contributed by atoms with Gasteiger partial charge in [-0.15, -0.1) is 0 Å². The number of nitrogens with zero attached hydrogens (tertiary/aromatic N) is 1. The lowest BCUT2D eigenvalue weighted by atomic mass is 10.2. The van der Waals surface area contributed by atoms with E-state index in [2.05, 4.69) is 4.98 Å². The summed E-state index contributed by atoms with van der Waals surface area (Å²) < 4.78 is 11.5. The molecule has 0 aliphatic rings. The third-order valence-corrected chi connectivity index (χ3v) is 4.79. The SMILES string of the molecule is Cc1oc(-c2ccccc2)nc1CCOc1ccc(/C=C(\SC=O)C(N)=O)cc1. The number of hydrogen-bond acceptors (Lipinski definition) is 6. The summed E-state index contributed by atoms with van der Waals surface area (Å²) in [5, 5.41) is 0. The van der Waals surface area contributed by atoms with Crippen LogP contribution in [0, 0.1) is 6.92 Å². The zero-order valence-corrected chi connectivity index (χ0v) is 16.6. The van der Waals surface area contributed by atoms with E-state index >= 15 is 0 Å². The number of hydrogen-bond donors (Lipinski definition) is 1. The fourth-order valence-corrected chi connectivity index (χ4v) is 3.08. The fraction of sp³-hybridized carbons (Fsp3) is 0.136. The van der Waals surface area contributed by atoms with E-state index < -0.39 is 5.91 Å². The topological polar surface area (TPSA) is 95.4 Å². The van der Waals surface area contributed by atoms with Crippen molar-refractivity contribution in [3.05, 3.63) is 76.5 Å². The summed E-state index contributed by atoms with van der Waals surface area (Å²) in [4.78, 5) is 26.6. The molecule has 0 bridgehead atoms. The van der Waals surface area contributed by atoms with Gasteiger partial charge in [0, 0.05) is 12.0 Å². The Bertz CT molecular complexity index is 1010. The molecule has 0 aliphatic heterocycles. The number of carbonyl (C=O) groups is 2. The highest BCUT2D eigenvalue weighted by atomic mass is 32.2. The molecule has 0 spiro atoms. The van der Waals surface area contributed by atoms with Crippen molar-refractivity contribution in [2.45, 2.75) is 13.3 Å². The van der Waals surface area contributed by atoms with Crippen LogP contribution >= 0.6 is 11.8 Å². The minimum Gasteiger partial charge on any atom is -0.493 e. The standard InChI is InChI=1S/C22H20N2O4S/c1-15-19(24-22(28-15)17-5-3-2-4-6-17)11-12-27-18-9-7-16(8-10-18)13-20(21(23)26)29-14-25/h2-10,13-14H,11-12H2,1H3,(H2,23,26)/b20-13-. The summed E-state index contributed by atoms with van der Waals surface area (Å²) in [5.74, 6) is 1.43. The normalized spacial score (nSPS) is 11.3. The van der Waals surface area contributed by atoms with E-state index in [1.165, 1.54) is 0 Å². The maximum Gasteiger partial charge on any atom is 0.255 e. The van der Waals surface area contributed by atoms with Crippen LogP contribution in [0.5, 0.6) is 5.75 Å². The number of nitrogens with two attached hydrogens (primary N) is 1. The summed E-state index contributed by atoms with van der Waals surface area (Å²) in [7, 11) is 0. The van der Waals surface area contributed by atoms with Crippen molar-refractivity contribution < 1.29 is 18.7 Å². The van der Waals surface area contributed by atoms with Gasteiger partial charge < -0.3 is 14.9 Å². The Morgan fingerprint density at radius 3 is 2.55 bits per heavy atom. The lowest BCUT2D eigenvalue weighted by Gasteiger charge is -2.06. The van der Waals surface area contributed by atoms with Crippen LogP contribution in [0.15, 0.2) is 63.9 Å². The molecule has 1 aromatic heterocycles. The van der Waals surface area contributed by atoms with Crippen molar-refractivity contribution in [1.29, 1.82) is 0 Å². The molecule has 7 heteroatoms. The molecule has 0 saturated heterocycles. The first kappa shape index (κ1) is 20.4. The lowest BCUT2D eigenvalue weighted by Crippen LogP contribution is -2.11. The summed E-state index contributed by atoms with van der Waals surface area (Å²) in [6, 6.07) is 16.9. The zero-order valence-electron chi connectivity index (χ0n) is 15.8. The number of ether oxygens (including phenoxy) is 1. The number of aryl methyl sites for hydroxylation is 1. The van der Waals surface area contributed by atoms with Crippen molar-refractivity contribution in [3.8, 4) is 17.2 Å². The number of rotatable bonds is 9. The molecule has 2 N–H and O–H groups in total. The predicted octanol–water partition coefficient (Wildman–Crippen LogP) is 4.02. The maximum absolute atomic E-state index is 11.3. The number of amides is 1. The van der Waals surface area contributed by atoms with Gasteiger partial charge >= 0.3 is 0 Å². The molecule has 148 valence electrons. The van der Waals surface area contributed by atoms with Gasteiger partial charge in [0.15, 0.2) is 5.62 Å². The first-order valence-electron chi connectivity index (χ1n) is 8.93. The summed E-state index contributed by atoms with van der Waals surface area (Å²) >= 11 is 0.756. The monoisotopic (exact) mass is 408 g/mol. The molecule has 6 nitrogen and oxygen atoms in total. The van der Waals surface area contributed by atoms with Gasteiger partial charge in [0.1, 0.15) is 11.5 Å². The number of aromatic nitrogens is 1. The highest BCUT2D eigenvalue weighted by molar-refractivity contribution is 8.16. The van der Waals surface area contributed by atoms with Crippen molar-refractivity contribution >= 4 is 29.4 Å². The summed E-state index contributed by atoms with van der Waals surface area (Å²) in [5.41, 5.74) is 8.37. The minimum atomic E-state index is -0.639. The second-order valence-electron chi connectivity index (χ2n) is 6.14. The molecule has 0 radical (unpaired) electrons. The van der Waals surface area contributed by atoms with Crippen molar-refractivity contribution in [2.24, 2.45) is 5.73 Å². The van der Waals surface area contributed by atoms with Gasteiger partial charge in [0.25, 0.3) is 5.91 Å². The van der Waals surface area contributed by atoms with Crippen molar-refractivity contribution in [2.75, 3.05) is 6.61 Å². The molecule has 0 saturated carbocycles. The Kier molecular flexibility index (Phi) is 6.86. The van der Waals surface area contributed by atoms with E-state index in [9.17, 15) is 9.59 Å². The molecule has 0 fully saturated rings. The van der Waals surface area contributed by atoms with Crippen LogP contribution in [0.3, 0.4) is 0 Å². The van der Waals surface area contributed by atoms with Crippen LogP contribution in [0.25, 0.3) is 17.5 Å². The lowest BCUT2D eigenvalue weighted by molar-refractivity contribution is -0.113. The highest BCUT2D eigenvalue weighted by Gasteiger charge is 2.11. The molecule has 1 heterocycles. The molecule has 3 aromatic rings. The highest BCUT2D eigenvalue weighted by Crippen LogP contribution is 2.22. The smallest absolute Gasteiger partial charge is 0.255 e. The maximum atomic E-state index is 11.3. The number of carbonyl (C=O) groups excluding carboxylic acids is 2. The van der Waals surface area contributed by atoms with Gasteiger partial charge in [-0.2, -0.15) is 0 Å². The molecule has 2 aromatic carbocycles. The Balaban J connectivity index is 1.59. The van der Waals surface area contributed by atoms with Gasteiger partial charge in [-0.3, -0.25) is 9.59 Å². The zero-order chi connectivity index (χ0) is 20.6. The van der Waals surface area contributed by atoms with Crippen LogP contribution in [-0.4, -0.2) is 23.1 Å². The first-order chi connectivity index (χ1) is 14.1. The van der Waals surface area contributed by atoms with Crippen molar-refractivity contribution in [3.63, 3.8) is 0 Å². The summed E-state index contributed by atoms with van der Waals surface area (Å²) in [6.07, 6.45) is 2.18. The number of primary amides is 1. The molecular weight excluding hydrogens is 388 g/mol. The number of thioether (sulfide) groups is 1. The van der Waals surface area contributed by atoms with E-state index in [1.807, 2.05) is 37.3 Å². The van der Waals surface area contributed by atoms with Crippen LogP contribution < -0.4 is 10.5 Å². The van der Waals surface area contributed by atoms with Gasteiger partial charge in [-0.05, 0) is 54.6 Å². The second-order valence-corrected chi connectivity index (χ2v) is 7.01. The molecule has 3 rings (SSSR count). The van der Waals surface area contributed by atoms with E-state index in [4.69, 9.17) is 14.9 Å². The van der Waals surface area contributed by atoms with Crippen LogP contribution in [0.1, 0.15) is 17.0 Å². The predicted molar refractivity (Wildman–Crippen MR) is 114 cm³/mol. The Morgan fingerprint density at radius 2 is 1.90 bits per heavy atom. The quantitative estimate of drug-likeness (QED) is 0.424. The minimum absolute atomic E-state index is 0.185. The van der Waals surface area contributed by atoms with Crippen LogP contribution in [0.4, 0.5) is 0 Å². The third-order valence-electron chi connectivity index (χ3n) is 4.12. The summed E-state index contributed by atoms with van der Waals surface area (Å²) in [6.45, 7) is 2.34. The van der Waals surface area contributed by atoms with Gasteiger partial charge in [-0.25, -0.2) is 4.98 Å². The number of oxazole rings is 1. The average molecular weight is 408 g/mol. The Morgan fingerprint density at radius 1 is 1.17 bits per heavy atom. The molecule has 1 amide bonds. The molecule has 0 unspecified atom stereocenters. The van der Waals surface area contributed by atoms with Gasteiger partial charge in [0.05, 0.1) is 17.2 Å². The van der Waals surface area contributed by atoms with Crippen LogP contribution in [-0.2, 0) is 16.0 Å². The Hall–Kier alpha value is -3.32. The third kappa shape index (κ3) is 5.58. The molecule has 0 aliphatic carbocycles. The van der Waals surface area contributed by atoms with Crippen molar-refractivity contribution in [1.82, 2.24) is 4.98 Å². The largest absolute Gasteiger partial charge is 0.493 e. The van der Waals surface area contributed by atoms with E-state index in [0.717, 1.165) is 34.3 Å². The van der Waals surface area contributed by atoms with E-state index in [-0.39, 0.29) is 4.91 Å². The average Bonchev–Trinajstić information content (AvgIpc) is 3.10. The van der Waals surface area contributed by atoms with Gasteiger partial charge in [0.2, 0.25) is 5.89 Å². The first-order valence-corrected chi connectivity index (χ1v) is 9.81. The second kappa shape index (κ2) is 9.75. The molecule has 29 heavy (non-hydrogen) atoms. The van der Waals surface area contributed by atoms with Gasteiger partial charge in [-0.1, -0.05) is 30.3 Å². The van der Waals surface area contributed by atoms with E-state index in [1.54, 1.807) is 30.3 Å². The fourth-order valence-electron chi connectivity index (χ4n) is 2.66. The Labute approximate surface area is 172 Å².